The molecule has 2 saturated heterocycles. The quantitative estimate of drug-likeness (QED) is 0.630. The first-order valence-corrected chi connectivity index (χ1v) is 11.6. The van der Waals surface area contributed by atoms with E-state index in [1.165, 1.54) is 23.3 Å². The van der Waals surface area contributed by atoms with Gasteiger partial charge in [0.1, 0.15) is 12.4 Å². The Morgan fingerprint density at radius 1 is 1.12 bits per heavy atom. The van der Waals surface area contributed by atoms with Crippen molar-refractivity contribution in [3.05, 3.63) is 65.2 Å². The van der Waals surface area contributed by atoms with Gasteiger partial charge in [-0.15, -0.1) is 0 Å². The highest BCUT2D eigenvalue weighted by Gasteiger charge is 2.58. The standard InChI is InChI=1S/C26H30N2O5/c1-31-25(30)22-16-24(29)28(33-18-19-5-3-2-4-6-19)26(22)10-12-27(13-11-26)17-20-7-8-23-21(15-20)9-14-32-23/h2-8,15,22H,9-14,16-18H2,1H3/t22-/m1/s1. The number of carbonyl (C=O) groups is 2. The van der Waals surface area contributed by atoms with Crippen molar-refractivity contribution in [2.24, 2.45) is 5.92 Å². The van der Waals surface area contributed by atoms with Gasteiger partial charge in [-0.3, -0.25) is 19.3 Å². The summed E-state index contributed by atoms with van der Waals surface area (Å²) >= 11 is 0. The molecule has 3 aliphatic rings. The van der Waals surface area contributed by atoms with Crippen LogP contribution < -0.4 is 4.74 Å². The van der Waals surface area contributed by atoms with Gasteiger partial charge in [0.25, 0.3) is 0 Å². The Morgan fingerprint density at radius 2 is 1.91 bits per heavy atom. The van der Waals surface area contributed by atoms with Gasteiger partial charge in [0.2, 0.25) is 5.91 Å². The van der Waals surface area contributed by atoms with E-state index in [1.807, 2.05) is 30.3 Å². The summed E-state index contributed by atoms with van der Waals surface area (Å²) in [6, 6.07) is 16.2. The minimum atomic E-state index is -0.665. The van der Waals surface area contributed by atoms with Gasteiger partial charge < -0.3 is 9.47 Å². The highest BCUT2D eigenvalue weighted by atomic mass is 16.7. The molecular formula is C26H30N2O5. The third kappa shape index (κ3) is 4.23. The number of piperidine rings is 1. The van der Waals surface area contributed by atoms with Crippen molar-refractivity contribution in [3.8, 4) is 5.75 Å². The molecule has 0 unspecified atom stereocenters. The van der Waals surface area contributed by atoms with Crippen LogP contribution in [-0.2, 0) is 38.7 Å². The summed E-state index contributed by atoms with van der Waals surface area (Å²) < 4.78 is 10.7. The van der Waals surface area contributed by atoms with Gasteiger partial charge in [0.05, 0.1) is 25.2 Å². The molecule has 1 atom stereocenters. The summed E-state index contributed by atoms with van der Waals surface area (Å²) in [5.74, 6) is 0.00708. The van der Waals surface area contributed by atoms with E-state index in [2.05, 4.69) is 23.1 Å². The van der Waals surface area contributed by atoms with Gasteiger partial charge in [-0.25, -0.2) is 5.06 Å². The Morgan fingerprint density at radius 3 is 2.67 bits per heavy atom. The Bertz CT molecular complexity index is 1020. The largest absolute Gasteiger partial charge is 0.493 e. The highest BCUT2D eigenvalue weighted by Crippen LogP contribution is 2.45. The minimum absolute atomic E-state index is 0.131. The Kier molecular flexibility index (Phi) is 6.08. The summed E-state index contributed by atoms with van der Waals surface area (Å²) in [5.41, 5.74) is 2.86. The maximum atomic E-state index is 12.9. The lowest BCUT2D eigenvalue weighted by Gasteiger charge is -2.45. The Labute approximate surface area is 194 Å². The van der Waals surface area contributed by atoms with Crippen LogP contribution in [0.1, 0.15) is 36.0 Å². The van der Waals surface area contributed by atoms with Gasteiger partial charge in [-0.2, -0.15) is 0 Å². The van der Waals surface area contributed by atoms with Crippen molar-refractivity contribution in [2.45, 2.75) is 44.4 Å². The predicted octanol–water partition coefficient (Wildman–Crippen LogP) is 3.11. The summed E-state index contributed by atoms with van der Waals surface area (Å²) in [6.07, 6.45) is 2.43. The molecule has 174 valence electrons. The van der Waals surface area contributed by atoms with Crippen LogP contribution in [0.25, 0.3) is 0 Å². The number of methoxy groups -OCH3 is 1. The Balaban J connectivity index is 1.30. The third-order valence-corrected chi connectivity index (χ3v) is 7.23. The number of carbonyl (C=O) groups excluding carboxylic acids is 2. The maximum Gasteiger partial charge on any atom is 0.311 e. The molecule has 5 rings (SSSR count). The van der Waals surface area contributed by atoms with E-state index in [1.54, 1.807) is 0 Å². The second kappa shape index (κ2) is 9.15. The van der Waals surface area contributed by atoms with Crippen LogP contribution in [0.5, 0.6) is 5.75 Å². The third-order valence-electron chi connectivity index (χ3n) is 7.23. The molecule has 1 spiro atoms. The second-order valence-electron chi connectivity index (χ2n) is 9.15. The molecule has 2 aromatic rings. The number of nitrogens with zero attached hydrogens (tertiary/aromatic N) is 2. The molecule has 7 nitrogen and oxygen atoms in total. The summed E-state index contributed by atoms with van der Waals surface area (Å²) in [6.45, 7) is 3.44. The molecule has 2 aromatic carbocycles. The average molecular weight is 451 g/mol. The Hall–Kier alpha value is -2.90. The number of ether oxygens (including phenoxy) is 2. The van der Waals surface area contributed by atoms with Crippen molar-refractivity contribution in [1.82, 2.24) is 9.96 Å². The molecule has 33 heavy (non-hydrogen) atoms. The number of likely N-dealkylation sites (tertiary alicyclic amines) is 1. The fourth-order valence-corrected chi connectivity index (χ4v) is 5.44. The number of rotatable bonds is 6. The number of hydroxylamine groups is 2. The second-order valence-corrected chi connectivity index (χ2v) is 9.15. The molecule has 0 radical (unpaired) electrons. The number of esters is 1. The SMILES string of the molecule is COC(=O)[C@H]1CC(=O)N(OCc2ccccc2)C12CCN(Cc1ccc3c(c1)CCO3)CC2. The van der Waals surface area contributed by atoms with Crippen molar-refractivity contribution >= 4 is 11.9 Å². The zero-order valence-electron chi connectivity index (χ0n) is 19.0. The smallest absolute Gasteiger partial charge is 0.311 e. The van der Waals surface area contributed by atoms with Crippen LogP contribution in [0, 0.1) is 5.92 Å². The van der Waals surface area contributed by atoms with Gasteiger partial charge in [-0.1, -0.05) is 42.5 Å². The van der Waals surface area contributed by atoms with E-state index in [0.29, 0.717) is 19.4 Å². The molecule has 0 N–H and O–H groups in total. The monoisotopic (exact) mass is 450 g/mol. The molecule has 2 fully saturated rings. The van der Waals surface area contributed by atoms with E-state index in [9.17, 15) is 9.59 Å². The van der Waals surface area contributed by atoms with Crippen LogP contribution in [0.2, 0.25) is 0 Å². The molecule has 0 saturated carbocycles. The average Bonchev–Trinajstić information content (AvgIpc) is 3.41. The van der Waals surface area contributed by atoms with E-state index in [-0.39, 0.29) is 18.3 Å². The number of hydrogen-bond donors (Lipinski definition) is 0. The van der Waals surface area contributed by atoms with Crippen LogP contribution in [-0.4, -0.2) is 54.2 Å². The lowest BCUT2D eigenvalue weighted by atomic mass is 9.77. The molecule has 0 aromatic heterocycles. The first kappa shape index (κ1) is 21.9. The van der Waals surface area contributed by atoms with Crippen molar-refractivity contribution in [1.29, 1.82) is 0 Å². The fourth-order valence-electron chi connectivity index (χ4n) is 5.44. The van der Waals surface area contributed by atoms with Gasteiger partial charge in [0, 0.05) is 32.5 Å². The minimum Gasteiger partial charge on any atom is -0.493 e. The summed E-state index contributed by atoms with van der Waals surface area (Å²) in [5, 5.41) is 1.51. The van der Waals surface area contributed by atoms with E-state index in [0.717, 1.165) is 44.0 Å². The molecule has 1 amide bonds. The number of benzene rings is 2. The zero-order valence-corrected chi connectivity index (χ0v) is 19.0. The summed E-state index contributed by atoms with van der Waals surface area (Å²) in [4.78, 5) is 34.1. The van der Waals surface area contributed by atoms with Gasteiger partial charge >= 0.3 is 5.97 Å². The fraction of sp³-hybridized carbons (Fsp3) is 0.462. The highest BCUT2D eigenvalue weighted by molar-refractivity contribution is 5.88. The lowest BCUT2D eigenvalue weighted by Crippen LogP contribution is -2.57. The molecule has 3 aliphatic heterocycles. The van der Waals surface area contributed by atoms with E-state index >= 15 is 0 Å². The molecule has 7 heteroatoms. The predicted molar refractivity (Wildman–Crippen MR) is 121 cm³/mol. The van der Waals surface area contributed by atoms with E-state index in [4.69, 9.17) is 14.3 Å². The molecule has 0 aliphatic carbocycles. The van der Waals surface area contributed by atoms with Gasteiger partial charge in [0.15, 0.2) is 0 Å². The van der Waals surface area contributed by atoms with Crippen LogP contribution in [0.15, 0.2) is 48.5 Å². The van der Waals surface area contributed by atoms with E-state index < -0.39 is 11.5 Å². The van der Waals surface area contributed by atoms with Crippen molar-refractivity contribution in [3.63, 3.8) is 0 Å². The first-order valence-electron chi connectivity index (χ1n) is 11.6. The summed E-state index contributed by atoms with van der Waals surface area (Å²) in [7, 11) is 1.39. The maximum absolute atomic E-state index is 12.9. The van der Waals surface area contributed by atoms with Gasteiger partial charge in [-0.05, 0) is 35.6 Å². The zero-order chi connectivity index (χ0) is 22.8. The first-order chi connectivity index (χ1) is 16.1. The normalized spacial score (nSPS) is 21.8. The number of amides is 1. The number of fused-ring (bicyclic) bond motifs is 1. The molecular weight excluding hydrogens is 420 g/mol. The number of hydrogen-bond acceptors (Lipinski definition) is 6. The molecule has 3 heterocycles. The topological polar surface area (TPSA) is 68.3 Å². The van der Waals surface area contributed by atoms with Crippen LogP contribution in [0.3, 0.4) is 0 Å². The van der Waals surface area contributed by atoms with Crippen LogP contribution >= 0.6 is 0 Å². The lowest BCUT2D eigenvalue weighted by molar-refractivity contribution is -0.229. The molecule has 0 bridgehead atoms. The van der Waals surface area contributed by atoms with Crippen molar-refractivity contribution < 1.29 is 23.9 Å². The van der Waals surface area contributed by atoms with Crippen molar-refractivity contribution in [2.75, 3.05) is 26.8 Å². The van der Waals surface area contributed by atoms with Crippen LogP contribution in [0.4, 0.5) is 0 Å².